The summed E-state index contributed by atoms with van der Waals surface area (Å²) in [6, 6.07) is 18.5. The fourth-order valence-corrected chi connectivity index (χ4v) is 5.03. The summed E-state index contributed by atoms with van der Waals surface area (Å²) in [6.07, 6.45) is 0. The van der Waals surface area contributed by atoms with Crippen molar-refractivity contribution in [3.05, 3.63) is 88.4 Å². The molecule has 29 heavy (non-hydrogen) atoms. The molecule has 0 fully saturated rings. The van der Waals surface area contributed by atoms with Crippen molar-refractivity contribution in [1.29, 1.82) is 0 Å². The van der Waals surface area contributed by atoms with Gasteiger partial charge in [0.15, 0.2) is 0 Å². The van der Waals surface area contributed by atoms with E-state index >= 15 is 0 Å². The number of benzene rings is 3. The first-order valence-electron chi connectivity index (χ1n) is 8.27. The highest BCUT2D eigenvalue weighted by atomic mass is 35.5. The van der Waals surface area contributed by atoms with Crippen molar-refractivity contribution in [2.75, 3.05) is 9.44 Å². The van der Waals surface area contributed by atoms with E-state index in [1.165, 1.54) is 42.5 Å². The van der Waals surface area contributed by atoms with Crippen LogP contribution in [0.15, 0.2) is 77.7 Å². The second kappa shape index (κ2) is 8.62. The van der Waals surface area contributed by atoms with E-state index in [0.717, 1.165) is 0 Å². The normalized spacial score (nSPS) is 11.8. The maximum absolute atomic E-state index is 12.5. The molecule has 0 bridgehead atoms. The molecule has 152 valence electrons. The van der Waals surface area contributed by atoms with E-state index in [0.29, 0.717) is 10.6 Å². The lowest BCUT2D eigenvalue weighted by molar-refractivity contribution is 0.599. The van der Waals surface area contributed by atoms with Gasteiger partial charge in [0.25, 0.3) is 10.0 Å². The Kier molecular flexibility index (Phi) is 6.38. The number of rotatable bonds is 7. The smallest absolute Gasteiger partial charge is 0.261 e. The molecule has 2 N–H and O–H groups in total. The fraction of sp³-hybridized carbons (Fsp3) is 0.0526. The Morgan fingerprint density at radius 1 is 0.690 bits per heavy atom. The number of hydrogen-bond donors (Lipinski definition) is 2. The first-order valence-corrected chi connectivity index (χ1v) is 12.2. The summed E-state index contributed by atoms with van der Waals surface area (Å²) in [5.74, 6) is -0.188. The molecule has 0 amide bonds. The summed E-state index contributed by atoms with van der Waals surface area (Å²) in [4.78, 5) is -0.0328. The molecule has 0 unspecified atom stereocenters. The van der Waals surface area contributed by atoms with Gasteiger partial charge in [-0.15, -0.1) is 0 Å². The van der Waals surface area contributed by atoms with Gasteiger partial charge in [0.05, 0.1) is 26.4 Å². The minimum atomic E-state index is -3.88. The Balaban J connectivity index is 1.72. The van der Waals surface area contributed by atoms with Gasteiger partial charge in [-0.25, -0.2) is 16.8 Å². The number of sulfonamides is 2. The average Bonchev–Trinajstić information content (AvgIpc) is 2.65. The van der Waals surface area contributed by atoms with Gasteiger partial charge in [0.2, 0.25) is 10.0 Å². The monoisotopic (exact) mass is 470 g/mol. The van der Waals surface area contributed by atoms with Crippen LogP contribution in [-0.4, -0.2) is 16.8 Å². The molecule has 0 aliphatic rings. The van der Waals surface area contributed by atoms with E-state index in [4.69, 9.17) is 23.2 Å². The molecule has 3 rings (SSSR count). The predicted molar refractivity (Wildman–Crippen MR) is 116 cm³/mol. The quantitative estimate of drug-likeness (QED) is 0.521. The standard InChI is InChI=1S/C19H16Cl2N2O4S2/c20-18-11-8-16(12-19(18)21)23-29(26,27)17-9-6-15(7-10-17)22-28(24,25)13-14-4-2-1-3-5-14/h1-12,22-23H,13H2. The Hall–Kier alpha value is -2.26. The van der Waals surface area contributed by atoms with E-state index in [1.807, 2.05) is 0 Å². The van der Waals surface area contributed by atoms with Crippen LogP contribution in [0.2, 0.25) is 10.0 Å². The zero-order valence-electron chi connectivity index (χ0n) is 14.8. The minimum Gasteiger partial charge on any atom is -0.283 e. The highest BCUT2D eigenvalue weighted by molar-refractivity contribution is 7.92. The lowest BCUT2D eigenvalue weighted by Crippen LogP contribution is -2.16. The van der Waals surface area contributed by atoms with Gasteiger partial charge in [-0.05, 0) is 48.0 Å². The summed E-state index contributed by atoms with van der Waals surface area (Å²) >= 11 is 11.7. The first kappa shape index (κ1) is 21.4. The van der Waals surface area contributed by atoms with Crippen molar-refractivity contribution in [2.45, 2.75) is 10.6 Å². The van der Waals surface area contributed by atoms with Crippen LogP contribution in [0.1, 0.15) is 5.56 Å². The first-order chi connectivity index (χ1) is 13.6. The molecule has 0 radical (unpaired) electrons. The third-order valence-electron chi connectivity index (χ3n) is 3.81. The van der Waals surface area contributed by atoms with Crippen molar-refractivity contribution >= 4 is 54.6 Å². The lowest BCUT2D eigenvalue weighted by atomic mass is 10.2. The summed E-state index contributed by atoms with van der Waals surface area (Å²) in [5, 5.41) is 0.525. The second-order valence-electron chi connectivity index (χ2n) is 6.11. The molecule has 0 saturated heterocycles. The van der Waals surface area contributed by atoms with E-state index in [1.54, 1.807) is 30.3 Å². The molecule has 6 nitrogen and oxygen atoms in total. The van der Waals surface area contributed by atoms with E-state index in [2.05, 4.69) is 9.44 Å². The number of hydrogen-bond acceptors (Lipinski definition) is 4. The van der Waals surface area contributed by atoms with Gasteiger partial charge in [0.1, 0.15) is 0 Å². The Morgan fingerprint density at radius 3 is 1.93 bits per heavy atom. The zero-order valence-corrected chi connectivity index (χ0v) is 18.0. The summed E-state index contributed by atoms with van der Waals surface area (Å²) in [6.45, 7) is 0. The SMILES string of the molecule is O=S(=O)(Cc1ccccc1)Nc1ccc(S(=O)(=O)Nc2ccc(Cl)c(Cl)c2)cc1. The number of anilines is 2. The lowest BCUT2D eigenvalue weighted by Gasteiger charge is -2.11. The van der Waals surface area contributed by atoms with Crippen LogP contribution in [0.4, 0.5) is 11.4 Å². The van der Waals surface area contributed by atoms with Crippen molar-refractivity contribution in [1.82, 2.24) is 0 Å². The molecule has 0 heterocycles. The van der Waals surface area contributed by atoms with Crippen molar-refractivity contribution in [3.8, 4) is 0 Å². The maximum atomic E-state index is 12.5. The molecule has 0 atom stereocenters. The van der Waals surface area contributed by atoms with Gasteiger partial charge in [-0.3, -0.25) is 9.44 Å². The Bertz CT molecular complexity index is 1210. The highest BCUT2D eigenvalue weighted by Crippen LogP contribution is 2.27. The predicted octanol–water partition coefficient (Wildman–Crippen LogP) is 4.74. The van der Waals surface area contributed by atoms with Crippen LogP contribution < -0.4 is 9.44 Å². The minimum absolute atomic E-state index is 0.0328. The van der Waals surface area contributed by atoms with E-state index in [9.17, 15) is 16.8 Å². The third-order valence-corrected chi connectivity index (χ3v) is 7.21. The summed E-state index contributed by atoms with van der Waals surface area (Å²) in [5.41, 5.74) is 1.16. The molecular formula is C19H16Cl2N2O4S2. The van der Waals surface area contributed by atoms with Crippen LogP contribution in [0, 0.1) is 0 Å². The van der Waals surface area contributed by atoms with Gasteiger partial charge in [0, 0.05) is 5.69 Å². The average molecular weight is 471 g/mol. The zero-order chi connectivity index (χ0) is 21.1. The number of nitrogens with one attached hydrogen (secondary N) is 2. The van der Waals surface area contributed by atoms with Gasteiger partial charge < -0.3 is 0 Å². The van der Waals surface area contributed by atoms with Crippen LogP contribution in [0.5, 0.6) is 0 Å². The molecule has 0 spiro atoms. The van der Waals surface area contributed by atoms with Crippen molar-refractivity contribution in [2.24, 2.45) is 0 Å². The molecule has 0 saturated carbocycles. The summed E-state index contributed by atoms with van der Waals surface area (Å²) < 4.78 is 54.4. The van der Waals surface area contributed by atoms with Crippen LogP contribution in [-0.2, 0) is 25.8 Å². The molecule has 3 aromatic rings. The fourth-order valence-electron chi connectivity index (χ4n) is 2.49. The molecule has 3 aromatic carbocycles. The molecule has 0 aliphatic carbocycles. The van der Waals surface area contributed by atoms with Crippen molar-refractivity contribution in [3.63, 3.8) is 0 Å². The number of halogens is 2. The van der Waals surface area contributed by atoms with Crippen molar-refractivity contribution < 1.29 is 16.8 Å². The highest BCUT2D eigenvalue weighted by Gasteiger charge is 2.16. The summed E-state index contributed by atoms with van der Waals surface area (Å²) in [7, 11) is -7.52. The Labute approximate surface area is 179 Å². The maximum Gasteiger partial charge on any atom is 0.261 e. The second-order valence-corrected chi connectivity index (χ2v) is 10.3. The molecular weight excluding hydrogens is 455 g/mol. The largest absolute Gasteiger partial charge is 0.283 e. The van der Waals surface area contributed by atoms with Gasteiger partial charge in [-0.1, -0.05) is 53.5 Å². The topological polar surface area (TPSA) is 92.3 Å². The molecule has 10 heteroatoms. The van der Waals surface area contributed by atoms with Crippen LogP contribution >= 0.6 is 23.2 Å². The van der Waals surface area contributed by atoms with E-state index in [-0.39, 0.29) is 27.0 Å². The van der Waals surface area contributed by atoms with Gasteiger partial charge >= 0.3 is 0 Å². The molecule has 0 aliphatic heterocycles. The van der Waals surface area contributed by atoms with E-state index < -0.39 is 20.0 Å². The van der Waals surface area contributed by atoms with Gasteiger partial charge in [-0.2, -0.15) is 0 Å². The third kappa shape index (κ3) is 5.86. The molecule has 0 aromatic heterocycles. The van der Waals surface area contributed by atoms with Crippen LogP contribution in [0.3, 0.4) is 0 Å². The van der Waals surface area contributed by atoms with Crippen LogP contribution in [0.25, 0.3) is 0 Å². The Morgan fingerprint density at radius 2 is 1.31 bits per heavy atom.